The van der Waals surface area contributed by atoms with Gasteiger partial charge in [0.1, 0.15) is 4.21 Å². The van der Waals surface area contributed by atoms with Crippen LogP contribution in [0, 0.1) is 5.41 Å². The van der Waals surface area contributed by atoms with Crippen LogP contribution in [0.1, 0.15) is 58.3 Å². The van der Waals surface area contributed by atoms with Crippen LogP contribution in [0.15, 0.2) is 21.7 Å². The van der Waals surface area contributed by atoms with Gasteiger partial charge >= 0.3 is 6.03 Å². The highest BCUT2D eigenvalue weighted by Gasteiger charge is 2.44. The molecule has 0 bridgehead atoms. The summed E-state index contributed by atoms with van der Waals surface area (Å²) < 4.78 is 27.5. The molecule has 3 aliphatic heterocycles. The van der Waals surface area contributed by atoms with Crippen LogP contribution in [-0.2, 0) is 14.8 Å². The molecule has 1 aromatic rings. The number of carbonyl (C=O) groups is 2. The zero-order chi connectivity index (χ0) is 22.8. The molecule has 3 fully saturated rings. The predicted molar refractivity (Wildman–Crippen MR) is 124 cm³/mol. The fraction of sp³-hybridized carbons (Fsp3) is 0.727. The highest BCUT2D eigenvalue weighted by atomic mass is 32.2. The van der Waals surface area contributed by atoms with Crippen LogP contribution in [0.2, 0.25) is 0 Å². The molecule has 0 saturated carbocycles. The molecule has 2 atom stereocenters. The Kier molecular flexibility index (Phi) is 7.11. The van der Waals surface area contributed by atoms with Crippen molar-refractivity contribution < 1.29 is 18.0 Å². The second-order valence-electron chi connectivity index (χ2n) is 9.51. The Bertz CT molecular complexity index is 910. The molecule has 178 valence electrons. The summed E-state index contributed by atoms with van der Waals surface area (Å²) in [6, 6.07) is 3.70. The number of hydrogen-bond acceptors (Lipinski definition) is 5. The molecule has 1 aromatic heterocycles. The van der Waals surface area contributed by atoms with Crippen LogP contribution in [0.3, 0.4) is 0 Å². The summed E-state index contributed by atoms with van der Waals surface area (Å²) in [7, 11) is -3.38. The number of rotatable bonds is 8. The molecule has 0 radical (unpaired) electrons. The van der Waals surface area contributed by atoms with Gasteiger partial charge in [0.05, 0.1) is 6.04 Å². The standard InChI is InChI=1S/C22H34N4O4S2/c1-17-18(24-21(28)23-17)6-3-2-4-7-19(27)25-12-9-22(16-25)10-13-26(14-11-22)32(29,30)20-8-5-15-31-20/h5,8,15,17-18H,2-4,6-7,9-14,16H2,1H3,(H2,23,24,28)/t17-,18+/m0/s1. The quantitative estimate of drug-likeness (QED) is 0.557. The Balaban J connectivity index is 1.17. The van der Waals surface area contributed by atoms with E-state index in [1.54, 1.807) is 21.8 Å². The van der Waals surface area contributed by atoms with Crippen LogP contribution in [-0.4, -0.2) is 67.8 Å². The summed E-state index contributed by atoms with van der Waals surface area (Å²) in [5.74, 6) is 0.222. The van der Waals surface area contributed by atoms with Gasteiger partial charge in [-0.2, -0.15) is 4.31 Å². The maximum absolute atomic E-state index is 12.8. The molecule has 2 N–H and O–H groups in total. The van der Waals surface area contributed by atoms with Crippen molar-refractivity contribution in [1.82, 2.24) is 19.8 Å². The predicted octanol–water partition coefficient (Wildman–Crippen LogP) is 2.77. The first-order chi connectivity index (χ1) is 15.3. The van der Waals surface area contributed by atoms with Crippen LogP contribution >= 0.6 is 11.3 Å². The third-order valence-corrected chi connectivity index (χ3v) is 10.6. The van der Waals surface area contributed by atoms with Gasteiger partial charge in [-0.25, -0.2) is 13.2 Å². The maximum atomic E-state index is 12.8. The van der Waals surface area contributed by atoms with E-state index in [1.165, 1.54) is 11.3 Å². The van der Waals surface area contributed by atoms with E-state index in [4.69, 9.17) is 0 Å². The summed E-state index contributed by atoms with van der Waals surface area (Å²) in [4.78, 5) is 26.0. The summed E-state index contributed by atoms with van der Waals surface area (Å²) in [5.41, 5.74) is 0.0704. The van der Waals surface area contributed by atoms with Gasteiger partial charge in [0.25, 0.3) is 10.0 Å². The molecule has 4 heterocycles. The van der Waals surface area contributed by atoms with Crippen molar-refractivity contribution in [3.8, 4) is 0 Å². The van der Waals surface area contributed by atoms with Crippen molar-refractivity contribution >= 4 is 33.3 Å². The molecular formula is C22H34N4O4S2. The molecule has 0 unspecified atom stereocenters. The molecule has 1 spiro atoms. The number of urea groups is 1. The molecule has 0 aromatic carbocycles. The number of likely N-dealkylation sites (tertiary alicyclic amines) is 1. The van der Waals surface area contributed by atoms with E-state index in [0.29, 0.717) is 23.7 Å². The highest BCUT2D eigenvalue weighted by Crippen LogP contribution is 2.42. The Hall–Kier alpha value is -1.65. The van der Waals surface area contributed by atoms with E-state index >= 15 is 0 Å². The minimum Gasteiger partial charge on any atom is -0.342 e. The van der Waals surface area contributed by atoms with Gasteiger partial charge in [-0.3, -0.25) is 4.79 Å². The van der Waals surface area contributed by atoms with E-state index < -0.39 is 10.0 Å². The molecule has 32 heavy (non-hydrogen) atoms. The maximum Gasteiger partial charge on any atom is 0.315 e. The topological polar surface area (TPSA) is 98.8 Å². The molecule has 0 aliphatic carbocycles. The minimum absolute atomic E-state index is 0.0704. The first-order valence-corrected chi connectivity index (χ1v) is 14.0. The number of unbranched alkanes of at least 4 members (excludes halogenated alkanes) is 2. The number of hydrogen-bond donors (Lipinski definition) is 2. The van der Waals surface area contributed by atoms with Crippen LogP contribution in [0.5, 0.6) is 0 Å². The lowest BCUT2D eigenvalue weighted by molar-refractivity contribution is -0.130. The number of carbonyl (C=O) groups excluding carboxylic acids is 2. The van der Waals surface area contributed by atoms with Gasteiger partial charge in [-0.1, -0.05) is 18.9 Å². The second-order valence-corrected chi connectivity index (χ2v) is 12.6. The second kappa shape index (κ2) is 9.69. The van der Waals surface area contributed by atoms with E-state index in [2.05, 4.69) is 10.6 Å². The van der Waals surface area contributed by atoms with Gasteiger partial charge < -0.3 is 15.5 Å². The third kappa shape index (κ3) is 5.12. The molecular weight excluding hydrogens is 448 g/mol. The van der Waals surface area contributed by atoms with Crippen molar-refractivity contribution in [2.24, 2.45) is 5.41 Å². The van der Waals surface area contributed by atoms with Gasteiger partial charge in [-0.15, -0.1) is 11.3 Å². The number of amides is 3. The summed E-state index contributed by atoms with van der Waals surface area (Å²) >= 11 is 1.27. The Labute approximate surface area is 194 Å². The molecule has 10 heteroatoms. The minimum atomic E-state index is -3.38. The number of thiophene rings is 1. The largest absolute Gasteiger partial charge is 0.342 e. The van der Waals surface area contributed by atoms with Crippen molar-refractivity contribution in [3.63, 3.8) is 0 Å². The van der Waals surface area contributed by atoms with Crippen LogP contribution in [0.25, 0.3) is 0 Å². The smallest absolute Gasteiger partial charge is 0.315 e. The monoisotopic (exact) mass is 482 g/mol. The lowest BCUT2D eigenvalue weighted by atomic mass is 9.78. The van der Waals surface area contributed by atoms with Crippen molar-refractivity contribution in [2.45, 2.75) is 74.6 Å². The molecule has 4 rings (SSSR count). The lowest BCUT2D eigenvalue weighted by Gasteiger charge is -2.38. The van der Waals surface area contributed by atoms with Gasteiger partial charge in [0, 0.05) is 38.6 Å². The molecule has 3 amide bonds. The lowest BCUT2D eigenvalue weighted by Crippen LogP contribution is -2.44. The van der Waals surface area contributed by atoms with Gasteiger partial charge in [0.2, 0.25) is 5.91 Å². The first kappa shape index (κ1) is 23.5. The average molecular weight is 483 g/mol. The Morgan fingerprint density at radius 3 is 2.56 bits per heavy atom. The van der Waals surface area contributed by atoms with E-state index in [0.717, 1.165) is 58.0 Å². The molecule has 3 aliphatic rings. The van der Waals surface area contributed by atoms with Crippen molar-refractivity contribution in [2.75, 3.05) is 26.2 Å². The fourth-order valence-electron chi connectivity index (χ4n) is 5.23. The van der Waals surface area contributed by atoms with Crippen LogP contribution < -0.4 is 10.6 Å². The number of nitrogens with zero attached hydrogens (tertiary/aromatic N) is 2. The van der Waals surface area contributed by atoms with E-state index in [1.807, 2.05) is 11.8 Å². The zero-order valence-corrected chi connectivity index (χ0v) is 20.3. The molecule has 8 nitrogen and oxygen atoms in total. The normalized spacial score (nSPS) is 25.8. The van der Waals surface area contributed by atoms with Gasteiger partial charge in [-0.05, 0) is 55.9 Å². The SMILES string of the molecule is C[C@@H]1NC(=O)N[C@@H]1CCCCCC(=O)N1CCC2(CCN(S(=O)(=O)c3cccs3)CC2)C1. The number of piperidine rings is 1. The highest BCUT2D eigenvalue weighted by molar-refractivity contribution is 7.91. The Morgan fingerprint density at radius 1 is 1.16 bits per heavy atom. The number of nitrogens with one attached hydrogen (secondary N) is 2. The summed E-state index contributed by atoms with van der Waals surface area (Å²) in [5, 5.41) is 7.59. The van der Waals surface area contributed by atoms with Crippen molar-refractivity contribution in [1.29, 1.82) is 0 Å². The average Bonchev–Trinajstić information content (AvgIpc) is 3.50. The van der Waals surface area contributed by atoms with E-state index in [9.17, 15) is 18.0 Å². The summed E-state index contributed by atoms with van der Waals surface area (Å²) in [6.45, 7) is 4.63. The van der Waals surface area contributed by atoms with Crippen LogP contribution in [0.4, 0.5) is 4.79 Å². The third-order valence-electron chi connectivity index (χ3n) is 7.35. The summed E-state index contributed by atoms with van der Waals surface area (Å²) in [6.07, 6.45) is 6.98. The Morgan fingerprint density at radius 2 is 1.91 bits per heavy atom. The van der Waals surface area contributed by atoms with Gasteiger partial charge in [0.15, 0.2) is 0 Å². The zero-order valence-electron chi connectivity index (χ0n) is 18.7. The van der Waals surface area contributed by atoms with Crippen molar-refractivity contribution in [3.05, 3.63) is 17.5 Å². The molecule has 3 saturated heterocycles. The first-order valence-electron chi connectivity index (χ1n) is 11.7. The van der Waals surface area contributed by atoms with E-state index in [-0.39, 0.29) is 29.4 Å². The fourth-order valence-corrected chi connectivity index (χ4v) is 7.82. The number of sulfonamides is 1.